The number of nitrogens with one attached hydrogen (secondary N) is 1. The summed E-state index contributed by atoms with van der Waals surface area (Å²) in [5.41, 5.74) is 1.62. The topological polar surface area (TPSA) is 139 Å². The second kappa shape index (κ2) is 18.1. The number of hydrogen-bond acceptors (Lipinski definition) is 9. The Morgan fingerprint density at radius 1 is 0.615 bits per heavy atom. The van der Waals surface area contributed by atoms with E-state index in [0.29, 0.717) is 28.6 Å². The summed E-state index contributed by atoms with van der Waals surface area (Å²) in [6.45, 7) is -1.13. The van der Waals surface area contributed by atoms with E-state index in [1.807, 2.05) is 84.9 Å². The van der Waals surface area contributed by atoms with Crippen molar-refractivity contribution in [3.8, 4) is 23.0 Å². The molecule has 1 amide bonds. The molecule has 0 radical (unpaired) electrons. The molecule has 5 rings (SSSR count). The quantitative estimate of drug-likeness (QED) is 0.0838. The van der Waals surface area contributed by atoms with Gasteiger partial charge in [0.2, 0.25) is 0 Å². The van der Waals surface area contributed by atoms with Crippen molar-refractivity contribution in [2.45, 2.75) is 11.7 Å². The number of esters is 1. The molecule has 0 aliphatic carbocycles. The number of hydrogen-bond donors (Lipinski definition) is 2. The van der Waals surface area contributed by atoms with Crippen LogP contribution in [0, 0.1) is 0 Å². The number of carbonyl (C=O) groups excluding carboxylic acids is 2. The van der Waals surface area contributed by atoms with Crippen molar-refractivity contribution in [3.63, 3.8) is 0 Å². The molecule has 0 fully saturated rings. The van der Waals surface area contributed by atoms with Crippen molar-refractivity contribution in [1.82, 2.24) is 5.32 Å². The largest absolute Gasteiger partial charge is 0.497 e. The van der Waals surface area contributed by atoms with Gasteiger partial charge in [-0.05, 0) is 77.4 Å². The molecule has 0 aliphatic heterocycles. The highest BCUT2D eigenvalue weighted by molar-refractivity contribution is 5.94. The summed E-state index contributed by atoms with van der Waals surface area (Å²) in [6, 6.07) is 39.6. The molecule has 0 aromatic heterocycles. The average Bonchev–Trinajstić information content (AvgIpc) is 3.19. The first kappa shape index (κ1) is 36.9. The number of methoxy groups -OCH3 is 2. The summed E-state index contributed by atoms with van der Waals surface area (Å²) in [7, 11) is 3.19. The molecule has 0 saturated heterocycles. The zero-order chi connectivity index (χ0) is 36.8. The van der Waals surface area contributed by atoms with Crippen LogP contribution in [0.3, 0.4) is 0 Å². The van der Waals surface area contributed by atoms with Crippen LogP contribution in [-0.2, 0) is 24.7 Å². The van der Waals surface area contributed by atoms with E-state index < -0.39 is 36.9 Å². The number of rotatable bonds is 18. The van der Waals surface area contributed by atoms with E-state index in [2.05, 4.69) is 5.32 Å². The molecular formula is C41H39NO10. The number of aliphatic carboxylic acids is 1. The van der Waals surface area contributed by atoms with Gasteiger partial charge in [0.25, 0.3) is 5.91 Å². The Morgan fingerprint density at radius 2 is 1.08 bits per heavy atom. The Kier molecular flexibility index (Phi) is 12.8. The van der Waals surface area contributed by atoms with Crippen LogP contribution in [0.2, 0.25) is 0 Å². The van der Waals surface area contributed by atoms with Crippen molar-refractivity contribution in [1.29, 1.82) is 0 Å². The number of carbonyl (C=O) groups is 3. The molecule has 268 valence electrons. The highest BCUT2D eigenvalue weighted by Crippen LogP contribution is 2.42. The van der Waals surface area contributed by atoms with Crippen LogP contribution in [0.25, 0.3) is 0 Å². The first-order chi connectivity index (χ1) is 25.3. The van der Waals surface area contributed by atoms with Crippen LogP contribution in [0.4, 0.5) is 0 Å². The van der Waals surface area contributed by atoms with Crippen LogP contribution in [0.5, 0.6) is 23.0 Å². The Balaban J connectivity index is 1.42. The summed E-state index contributed by atoms with van der Waals surface area (Å²) in [5.74, 6) is -0.144. The smallest absolute Gasteiger partial charge is 0.344 e. The SMILES string of the molecule is COc1ccc(C(OCC(CNC(=O)c2ccccc2)OC(=O)COc2ccc(OCC(=O)O)cc2)(c2ccccc2)c2ccc(OC)cc2)cc1. The Morgan fingerprint density at radius 3 is 1.58 bits per heavy atom. The molecule has 0 aliphatic rings. The summed E-state index contributed by atoms with van der Waals surface area (Å²) in [5, 5.41) is 11.7. The van der Waals surface area contributed by atoms with Crippen molar-refractivity contribution in [2.24, 2.45) is 0 Å². The van der Waals surface area contributed by atoms with Gasteiger partial charge in [-0.1, -0.05) is 72.8 Å². The van der Waals surface area contributed by atoms with Gasteiger partial charge in [0.1, 0.15) is 34.7 Å². The number of ether oxygens (including phenoxy) is 6. The van der Waals surface area contributed by atoms with E-state index in [1.165, 1.54) is 12.1 Å². The number of carboxylic acids is 1. The fourth-order valence-corrected chi connectivity index (χ4v) is 5.46. The molecule has 0 spiro atoms. The summed E-state index contributed by atoms with van der Waals surface area (Å²) < 4.78 is 34.5. The van der Waals surface area contributed by atoms with Crippen LogP contribution >= 0.6 is 0 Å². The second-order valence-corrected chi connectivity index (χ2v) is 11.4. The van der Waals surface area contributed by atoms with Crippen molar-refractivity contribution < 1.29 is 47.9 Å². The maximum absolute atomic E-state index is 13.2. The monoisotopic (exact) mass is 705 g/mol. The number of carboxylic acid groups (broad SMARTS) is 1. The molecule has 52 heavy (non-hydrogen) atoms. The summed E-state index contributed by atoms with van der Waals surface area (Å²) in [6.07, 6.45) is -0.949. The van der Waals surface area contributed by atoms with Gasteiger partial charge in [-0.3, -0.25) is 4.79 Å². The van der Waals surface area contributed by atoms with Gasteiger partial charge in [-0.2, -0.15) is 0 Å². The molecule has 0 heterocycles. The fourth-order valence-electron chi connectivity index (χ4n) is 5.46. The molecule has 11 heteroatoms. The first-order valence-corrected chi connectivity index (χ1v) is 16.4. The Bertz CT molecular complexity index is 1830. The van der Waals surface area contributed by atoms with E-state index >= 15 is 0 Å². The van der Waals surface area contributed by atoms with E-state index in [1.54, 1.807) is 50.6 Å². The van der Waals surface area contributed by atoms with Gasteiger partial charge in [0, 0.05) is 5.56 Å². The van der Waals surface area contributed by atoms with Crippen molar-refractivity contribution >= 4 is 17.8 Å². The molecule has 0 saturated carbocycles. The van der Waals surface area contributed by atoms with Crippen LogP contribution in [-0.4, -0.2) is 69.6 Å². The highest BCUT2D eigenvalue weighted by Gasteiger charge is 2.39. The molecule has 5 aromatic carbocycles. The fraction of sp³-hybridized carbons (Fsp3) is 0.195. The molecule has 1 atom stereocenters. The molecule has 5 aromatic rings. The third-order valence-corrected chi connectivity index (χ3v) is 8.03. The normalized spacial score (nSPS) is 11.5. The van der Waals surface area contributed by atoms with E-state index in [0.717, 1.165) is 16.7 Å². The predicted octanol–water partition coefficient (Wildman–Crippen LogP) is 5.90. The van der Waals surface area contributed by atoms with Gasteiger partial charge < -0.3 is 38.8 Å². The molecule has 1 unspecified atom stereocenters. The van der Waals surface area contributed by atoms with Crippen LogP contribution in [0.1, 0.15) is 27.0 Å². The molecular weight excluding hydrogens is 666 g/mol. The zero-order valence-electron chi connectivity index (χ0n) is 28.7. The lowest BCUT2D eigenvalue weighted by Crippen LogP contribution is -2.42. The minimum atomic E-state index is -1.20. The highest BCUT2D eigenvalue weighted by atomic mass is 16.6. The van der Waals surface area contributed by atoms with E-state index in [-0.39, 0.29) is 19.1 Å². The summed E-state index contributed by atoms with van der Waals surface area (Å²) in [4.78, 5) is 37.1. The van der Waals surface area contributed by atoms with Crippen LogP contribution in [0.15, 0.2) is 133 Å². The lowest BCUT2D eigenvalue weighted by atomic mass is 9.80. The average molecular weight is 706 g/mol. The lowest BCUT2D eigenvalue weighted by Gasteiger charge is -2.37. The van der Waals surface area contributed by atoms with Crippen molar-refractivity contribution in [3.05, 3.63) is 156 Å². The third-order valence-electron chi connectivity index (χ3n) is 8.03. The van der Waals surface area contributed by atoms with Crippen LogP contribution < -0.4 is 24.3 Å². The molecule has 2 N–H and O–H groups in total. The van der Waals surface area contributed by atoms with Gasteiger partial charge in [-0.25, -0.2) is 9.59 Å². The Hall–Kier alpha value is -6.33. The zero-order valence-corrected chi connectivity index (χ0v) is 28.7. The summed E-state index contributed by atoms with van der Waals surface area (Å²) >= 11 is 0. The van der Waals surface area contributed by atoms with Crippen molar-refractivity contribution in [2.75, 3.05) is 40.6 Å². The minimum Gasteiger partial charge on any atom is -0.497 e. The molecule has 11 nitrogen and oxygen atoms in total. The maximum Gasteiger partial charge on any atom is 0.344 e. The van der Waals surface area contributed by atoms with Gasteiger partial charge in [-0.15, -0.1) is 0 Å². The minimum absolute atomic E-state index is 0.0643. The molecule has 0 bridgehead atoms. The third kappa shape index (κ3) is 9.67. The van der Waals surface area contributed by atoms with Gasteiger partial charge in [0.05, 0.1) is 27.4 Å². The van der Waals surface area contributed by atoms with Gasteiger partial charge >= 0.3 is 11.9 Å². The standard InChI is InChI=1S/C41H39NO10/c1-47-33-17-13-31(14-18-33)41(30-11-7-4-8-12-30,32-15-19-34(48-2)20-16-32)51-26-37(25-42-40(46)29-9-5-3-6-10-29)52-39(45)28-50-36-23-21-35(22-24-36)49-27-38(43)44/h3-24,37H,25-28H2,1-2H3,(H,42,46)(H,43,44). The van der Waals surface area contributed by atoms with E-state index in [4.69, 9.17) is 33.5 Å². The van der Waals surface area contributed by atoms with E-state index in [9.17, 15) is 14.4 Å². The number of amides is 1. The maximum atomic E-state index is 13.2. The predicted molar refractivity (Wildman–Crippen MR) is 192 cm³/mol. The number of benzene rings is 5. The Labute approximate surface area is 301 Å². The lowest BCUT2D eigenvalue weighted by molar-refractivity contribution is -0.156. The van der Waals surface area contributed by atoms with Gasteiger partial charge in [0.15, 0.2) is 13.2 Å². The second-order valence-electron chi connectivity index (χ2n) is 11.4. The first-order valence-electron chi connectivity index (χ1n) is 16.4.